The van der Waals surface area contributed by atoms with Crippen LogP contribution in [-0.4, -0.2) is 25.0 Å². The number of hydrogen-bond acceptors (Lipinski definition) is 1. The largest absolute Gasteiger partial charge is 0.306 e. The average Bonchev–Trinajstić information content (AvgIpc) is 2.48. The molecule has 1 aliphatic heterocycles. The quantitative estimate of drug-likeness (QED) is 0.774. The monoisotopic (exact) mass is 251 g/mol. The first-order valence-corrected chi connectivity index (χ1v) is 7.17. The van der Waals surface area contributed by atoms with Gasteiger partial charge in [0.1, 0.15) is 0 Å². The zero-order valence-electron chi connectivity index (χ0n) is 11.5. The van der Waals surface area contributed by atoms with Gasteiger partial charge in [0.05, 0.1) is 0 Å². The number of rotatable bonds is 2. The minimum absolute atomic E-state index is 0.676. The maximum atomic E-state index is 2.45. The highest BCUT2D eigenvalue weighted by molar-refractivity contribution is 5.68. The highest BCUT2D eigenvalue weighted by Crippen LogP contribution is 2.33. The van der Waals surface area contributed by atoms with Crippen LogP contribution >= 0.6 is 0 Å². The number of hydrogen-bond donors (Lipinski definition) is 0. The second-order valence-corrected chi connectivity index (χ2v) is 5.55. The third-order valence-corrected chi connectivity index (χ3v) is 4.11. The van der Waals surface area contributed by atoms with Crippen LogP contribution in [0.25, 0.3) is 11.1 Å². The molecule has 0 N–H and O–H groups in total. The van der Waals surface area contributed by atoms with Crippen molar-refractivity contribution in [1.29, 1.82) is 0 Å². The van der Waals surface area contributed by atoms with Gasteiger partial charge in [-0.25, -0.2) is 0 Å². The molecule has 0 radical (unpaired) electrons. The van der Waals surface area contributed by atoms with E-state index in [2.05, 4.69) is 66.5 Å². The fraction of sp³-hybridized carbons (Fsp3) is 0.333. The first kappa shape index (κ1) is 12.4. The van der Waals surface area contributed by atoms with Crippen molar-refractivity contribution in [3.63, 3.8) is 0 Å². The van der Waals surface area contributed by atoms with E-state index in [-0.39, 0.29) is 0 Å². The molecule has 1 heterocycles. The molecule has 0 aromatic heterocycles. The average molecular weight is 251 g/mol. The maximum Gasteiger partial charge on any atom is 0.00474 e. The van der Waals surface area contributed by atoms with Crippen LogP contribution in [0.3, 0.4) is 0 Å². The number of nitrogens with zero attached hydrogens (tertiary/aromatic N) is 1. The molecule has 1 unspecified atom stereocenters. The molecule has 1 saturated heterocycles. The Morgan fingerprint density at radius 3 is 2.47 bits per heavy atom. The lowest BCUT2D eigenvalue weighted by Gasteiger charge is -2.31. The molecule has 1 heteroatoms. The highest BCUT2D eigenvalue weighted by atomic mass is 15.1. The highest BCUT2D eigenvalue weighted by Gasteiger charge is 2.21. The molecule has 0 amide bonds. The Morgan fingerprint density at radius 2 is 1.68 bits per heavy atom. The third kappa shape index (κ3) is 2.71. The van der Waals surface area contributed by atoms with E-state index in [0.717, 1.165) is 0 Å². The first-order chi connectivity index (χ1) is 9.34. The number of piperidine rings is 1. The van der Waals surface area contributed by atoms with Crippen molar-refractivity contribution >= 4 is 0 Å². The molecule has 98 valence electrons. The van der Waals surface area contributed by atoms with E-state index in [4.69, 9.17) is 0 Å². The first-order valence-electron chi connectivity index (χ1n) is 7.17. The summed E-state index contributed by atoms with van der Waals surface area (Å²) in [5.74, 6) is 0.676. The van der Waals surface area contributed by atoms with Gasteiger partial charge in [-0.3, -0.25) is 0 Å². The molecule has 0 spiro atoms. The Hall–Kier alpha value is -1.60. The fourth-order valence-corrected chi connectivity index (χ4v) is 3.15. The van der Waals surface area contributed by atoms with Crippen LogP contribution in [0.2, 0.25) is 0 Å². The van der Waals surface area contributed by atoms with Crippen molar-refractivity contribution in [2.75, 3.05) is 20.1 Å². The van der Waals surface area contributed by atoms with Gasteiger partial charge < -0.3 is 4.90 Å². The van der Waals surface area contributed by atoms with E-state index in [9.17, 15) is 0 Å². The molecule has 1 fully saturated rings. The minimum atomic E-state index is 0.676. The second-order valence-electron chi connectivity index (χ2n) is 5.55. The molecule has 0 saturated carbocycles. The predicted molar refractivity (Wildman–Crippen MR) is 81.4 cm³/mol. The molecule has 1 atom stereocenters. The third-order valence-electron chi connectivity index (χ3n) is 4.11. The van der Waals surface area contributed by atoms with Gasteiger partial charge in [0.15, 0.2) is 0 Å². The van der Waals surface area contributed by atoms with Crippen molar-refractivity contribution in [2.45, 2.75) is 18.8 Å². The van der Waals surface area contributed by atoms with Gasteiger partial charge in [0.25, 0.3) is 0 Å². The van der Waals surface area contributed by atoms with Crippen LogP contribution in [0.15, 0.2) is 54.6 Å². The summed E-state index contributed by atoms with van der Waals surface area (Å²) in [4.78, 5) is 2.45. The summed E-state index contributed by atoms with van der Waals surface area (Å²) in [7, 11) is 2.23. The van der Waals surface area contributed by atoms with Crippen LogP contribution in [-0.2, 0) is 0 Å². The zero-order chi connectivity index (χ0) is 13.1. The van der Waals surface area contributed by atoms with E-state index < -0.39 is 0 Å². The van der Waals surface area contributed by atoms with Crippen LogP contribution in [0, 0.1) is 0 Å². The Kier molecular flexibility index (Phi) is 3.65. The summed E-state index contributed by atoms with van der Waals surface area (Å²) >= 11 is 0. The van der Waals surface area contributed by atoms with Gasteiger partial charge in [0, 0.05) is 6.54 Å². The summed E-state index contributed by atoms with van der Waals surface area (Å²) < 4.78 is 0. The topological polar surface area (TPSA) is 3.24 Å². The smallest absolute Gasteiger partial charge is 0.00474 e. The van der Waals surface area contributed by atoms with Crippen LogP contribution in [0.4, 0.5) is 0 Å². The SMILES string of the molecule is CN1CCCC(c2ccccc2-c2ccccc2)C1. The molecular weight excluding hydrogens is 230 g/mol. The van der Waals surface area contributed by atoms with Gasteiger partial charge in [-0.15, -0.1) is 0 Å². The molecule has 1 aliphatic rings. The Bertz CT molecular complexity index is 532. The lowest BCUT2D eigenvalue weighted by Crippen LogP contribution is -2.31. The van der Waals surface area contributed by atoms with Crippen LogP contribution in [0.1, 0.15) is 24.3 Å². The summed E-state index contributed by atoms with van der Waals surface area (Å²) in [6.07, 6.45) is 2.62. The van der Waals surface area contributed by atoms with E-state index in [1.807, 2.05) is 0 Å². The molecule has 0 aliphatic carbocycles. The molecule has 2 aromatic rings. The summed E-state index contributed by atoms with van der Waals surface area (Å²) in [5.41, 5.74) is 4.26. The Labute approximate surface area is 115 Å². The van der Waals surface area contributed by atoms with Crippen molar-refractivity contribution < 1.29 is 0 Å². The van der Waals surface area contributed by atoms with Crippen LogP contribution in [0.5, 0.6) is 0 Å². The standard InChI is InChI=1S/C18H21N/c1-19-13-7-10-16(14-19)18-12-6-5-11-17(18)15-8-3-2-4-9-15/h2-6,8-9,11-12,16H,7,10,13-14H2,1H3. The number of likely N-dealkylation sites (N-methyl/N-ethyl adjacent to an activating group) is 1. The van der Waals surface area contributed by atoms with Gasteiger partial charge in [-0.05, 0) is 49.0 Å². The molecule has 0 bridgehead atoms. The number of likely N-dealkylation sites (tertiary alicyclic amines) is 1. The van der Waals surface area contributed by atoms with E-state index in [0.29, 0.717) is 5.92 Å². The summed E-state index contributed by atoms with van der Waals surface area (Å²) in [6, 6.07) is 19.7. The fourth-order valence-electron chi connectivity index (χ4n) is 3.15. The second kappa shape index (κ2) is 5.58. The molecule has 19 heavy (non-hydrogen) atoms. The van der Waals surface area contributed by atoms with Crippen molar-refractivity contribution in [3.8, 4) is 11.1 Å². The van der Waals surface area contributed by atoms with E-state index in [1.54, 1.807) is 0 Å². The summed E-state index contributed by atoms with van der Waals surface area (Å²) in [6.45, 7) is 2.42. The van der Waals surface area contributed by atoms with Crippen molar-refractivity contribution in [3.05, 3.63) is 60.2 Å². The Balaban J connectivity index is 1.98. The van der Waals surface area contributed by atoms with Crippen molar-refractivity contribution in [2.24, 2.45) is 0 Å². The van der Waals surface area contributed by atoms with Crippen molar-refractivity contribution in [1.82, 2.24) is 4.90 Å². The normalized spacial score (nSPS) is 20.4. The lowest BCUT2D eigenvalue weighted by molar-refractivity contribution is 0.251. The van der Waals surface area contributed by atoms with Gasteiger partial charge in [-0.1, -0.05) is 54.6 Å². The lowest BCUT2D eigenvalue weighted by atomic mass is 9.85. The van der Waals surface area contributed by atoms with Gasteiger partial charge in [-0.2, -0.15) is 0 Å². The predicted octanol–water partition coefficient (Wildman–Crippen LogP) is 4.16. The zero-order valence-corrected chi connectivity index (χ0v) is 11.5. The molecule has 2 aromatic carbocycles. The van der Waals surface area contributed by atoms with E-state index >= 15 is 0 Å². The molecule has 3 rings (SSSR count). The maximum absolute atomic E-state index is 2.45. The molecular formula is C18H21N. The Morgan fingerprint density at radius 1 is 0.947 bits per heavy atom. The minimum Gasteiger partial charge on any atom is -0.306 e. The van der Waals surface area contributed by atoms with Gasteiger partial charge in [0.2, 0.25) is 0 Å². The van der Waals surface area contributed by atoms with Gasteiger partial charge >= 0.3 is 0 Å². The van der Waals surface area contributed by atoms with Crippen LogP contribution < -0.4 is 0 Å². The summed E-state index contributed by atoms with van der Waals surface area (Å²) in [5, 5.41) is 0. The van der Waals surface area contributed by atoms with E-state index in [1.165, 1.54) is 42.6 Å². The number of benzene rings is 2. The molecule has 1 nitrogen and oxygen atoms in total.